The molecule has 6 heteroatoms. The largest absolute Gasteiger partial charge is 0.347 e. The second-order valence-electron chi connectivity index (χ2n) is 8.56. The molecule has 2 aromatic carbocycles. The first-order chi connectivity index (χ1) is 15.3. The van der Waals surface area contributed by atoms with E-state index in [2.05, 4.69) is 36.1 Å². The van der Waals surface area contributed by atoms with Gasteiger partial charge in [0.15, 0.2) is 0 Å². The molecule has 1 aromatic heterocycles. The van der Waals surface area contributed by atoms with Crippen LogP contribution in [0.2, 0.25) is 0 Å². The average Bonchev–Trinajstić information content (AvgIpc) is 3.12. The number of rotatable bonds is 7. The summed E-state index contributed by atoms with van der Waals surface area (Å²) < 4.78 is 15.3. The summed E-state index contributed by atoms with van der Waals surface area (Å²) in [5.41, 5.74) is 4.99. The van der Waals surface area contributed by atoms with E-state index in [1.54, 1.807) is 6.08 Å². The summed E-state index contributed by atoms with van der Waals surface area (Å²) in [5, 5.41) is 2.35. The van der Waals surface area contributed by atoms with Crippen molar-refractivity contribution in [2.75, 3.05) is 0 Å². The van der Waals surface area contributed by atoms with Crippen molar-refractivity contribution in [2.45, 2.75) is 46.7 Å². The first kappa shape index (κ1) is 23.3. The molecule has 1 heterocycles. The molecule has 0 fully saturated rings. The Balaban J connectivity index is 1.79. The van der Waals surface area contributed by atoms with Crippen molar-refractivity contribution in [1.82, 2.24) is 15.0 Å². The molecule has 0 aliphatic heterocycles. The van der Waals surface area contributed by atoms with Crippen molar-refractivity contribution in [1.29, 1.82) is 0 Å². The molecule has 0 bridgehead atoms. The Kier molecular flexibility index (Phi) is 7.46. The molecule has 0 aliphatic rings. The van der Waals surface area contributed by atoms with Crippen LogP contribution in [0.1, 0.15) is 50.0 Å². The van der Waals surface area contributed by atoms with Gasteiger partial charge in [-0.3, -0.25) is 15.0 Å². The number of hydrogen-bond donors (Lipinski definition) is 1. The molecule has 0 aliphatic carbocycles. The van der Waals surface area contributed by atoms with E-state index in [9.17, 15) is 14.0 Å². The van der Waals surface area contributed by atoms with Gasteiger partial charge < -0.3 is 4.57 Å². The maximum absolute atomic E-state index is 13.1. The molecule has 5 nitrogen and oxygen atoms in total. The number of fused-ring (bicyclic) bond motifs is 1. The molecule has 168 valence electrons. The van der Waals surface area contributed by atoms with Gasteiger partial charge in [-0.15, -0.1) is 0 Å². The minimum Gasteiger partial charge on any atom is -0.347 e. The number of para-hydroxylation sites is 1. The fraction of sp³-hybridized carbons (Fsp3) is 0.308. The van der Waals surface area contributed by atoms with Crippen molar-refractivity contribution in [3.8, 4) is 0 Å². The second-order valence-corrected chi connectivity index (χ2v) is 8.56. The SMILES string of the molecule is CC(C)CCn1cc(/C=C/C(=O)N(NC(=O)c2ccc(F)cc2)C(C)C)c2ccccc21. The van der Waals surface area contributed by atoms with Gasteiger partial charge in [0.2, 0.25) is 0 Å². The number of aromatic nitrogens is 1. The molecule has 3 aromatic rings. The monoisotopic (exact) mass is 435 g/mol. The number of hydrazine groups is 1. The van der Waals surface area contributed by atoms with Crippen LogP contribution in [0.3, 0.4) is 0 Å². The third kappa shape index (κ3) is 5.63. The highest BCUT2D eigenvalue weighted by Crippen LogP contribution is 2.23. The fourth-order valence-electron chi connectivity index (χ4n) is 3.45. The maximum Gasteiger partial charge on any atom is 0.269 e. The minimum absolute atomic E-state index is 0.260. The molecule has 0 spiro atoms. The predicted molar refractivity (Wildman–Crippen MR) is 126 cm³/mol. The number of amides is 2. The van der Waals surface area contributed by atoms with Crippen LogP contribution in [-0.4, -0.2) is 27.4 Å². The number of benzene rings is 2. The van der Waals surface area contributed by atoms with Crippen molar-refractivity contribution >= 4 is 28.8 Å². The molecule has 0 saturated carbocycles. The zero-order chi connectivity index (χ0) is 23.3. The molecular formula is C26H30FN3O2. The summed E-state index contributed by atoms with van der Waals surface area (Å²) in [4.78, 5) is 25.4. The molecule has 32 heavy (non-hydrogen) atoms. The molecule has 0 radical (unpaired) electrons. The lowest BCUT2D eigenvalue weighted by Gasteiger charge is -2.25. The first-order valence-electron chi connectivity index (χ1n) is 10.9. The van der Waals surface area contributed by atoms with Gasteiger partial charge in [0.05, 0.1) is 0 Å². The highest BCUT2D eigenvalue weighted by atomic mass is 19.1. The van der Waals surface area contributed by atoms with Gasteiger partial charge in [-0.05, 0) is 62.6 Å². The Hall–Kier alpha value is -3.41. The van der Waals surface area contributed by atoms with E-state index >= 15 is 0 Å². The van der Waals surface area contributed by atoms with E-state index < -0.39 is 11.7 Å². The van der Waals surface area contributed by atoms with Gasteiger partial charge in [0, 0.05) is 46.9 Å². The number of aryl methyl sites for hydroxylation is 1. The quantitative estimate of drug-likeness (QED) is 0.398. The third-order valence-electron chi connectivity index (χ3n) is 5.25. The van der Waals surface area contributed by atoms with Gasteiger partial charge in [-0.2, -0.15) is 0 Å². The predicted octanol–water partition coefficient (Wildman–Crippen LogP) is 5.42. The average molecular weight is 436 g/mol. The van der Waals surface area contributed by atoms with Gasteiger partial charge in [0.1, 0.15) is 5.82 Å². The second kappa shape index (κ2) is 10.3. The fourth-order valence-corrected chi connectivity index (χ4v) is 3.45. The van der Waals surface area contributed by atoms with Crippen LogP contribution < -0.4 is 5.43 Å². The Labute approximate surface area is 188 Å². The van der Waals surface area contributed by atoms with Crippen LogP contribution in [0.5, 0.6) is 0 Å². The Morgan fingerprint density at radius 1 is 1.06 bits per heavy atom. The molecule has 0 unspecified atom stereocenters. The Bertz CT molecular complexity index is 1110. The van der Waals surface area contributed by atoms with E-state index in [0.717, 1.165) is 29.4 Å². The van der Waals surface area contributed by atoms with E-state index in [-0.39, 0.29) is 17.5 Å². The maximum atomic E-state index is 13.1. The zero-order valence-corrected chi connectivity index (χ0v) is 19.0. The lowest BCUT2D eigenvalue weighted by molar-refractivity contribution is -0.130. The van der Waals surface area contributed by atoms with Crippen LogP contribution in [0, 0.1) is 11.7 Å². The lowest BCUT2D eigenvalue weighted by atomic mass is 10.1. The van der Waals surface area contributed by atoms with Gasteiger partial charge in [-0.1, -0.05) is 32.0 Å². The topological polar surface area (TPSA) is 54.3 Å². The number of carbonyl (C=O) groups excluding carboxylic acids is 2. The highest BCUT2D eigenvalue weighted by Gasteiger charge is 2.18. The summed E-state index contributed by atoms with van der Waals surface area (Å²) in [7, 11) is 0. The number of hydrogen-bond acceptors (Lipinski definition) is 2. The number of carbonyl (C=O) groups is 2. The Morgan fingerprint density at radius 2 is 1.75 bits per heavy atom. The van der Waals surface area contributed by atoms with E-state index in [4.69, 9.17) is 0 Å². The van der Waals surface area contributed by atoms with Crippen LogP contribution in [0.25, 0.3) is 17.0 Å². The molecule has 1 N–H and O–H groups in total. The smallest absolute Gasteiger partial charge is 0.269 e. The van der Waals surface area contributed by atoms with E-state index in [0.29, 0.717) is 5.92 Å². The van der Waals surface area contributed by atoms with Gasteiger partial charge in [0.25, 0.3) is 11.8 Å². The molecule has 3 rings (SSSR count). The summed E-state index contributed by atoms with van der Waals surface area (Å²) >= 11 is 0. The number of nitrogens with one attached hydrogen (secondary N) is 1. The normalized spacial score (nSPS) is 11.6. The first-order valence-corrected chi connectivity index (χ1v) is 10.9. The minimum atomic E-state index is -0.467. The zero-order valence-electron chi connectivity index (χ0n) is 19.0. The summed E-state index contributed by atoms with van der Waals surface area (Å²) in [6.45, 7) is 8.94. The van der Waals surface area contributed by atoms with Crippen LogP contribution in [0.4, 0.5) is 4.39 Å². The molecular weight excluding hydrogens is 405 g/mol. The van der Waals surface area contributed by atoms with Crippen molar-refractivity contribution in [3.05, 3.63) is 77.7 Å². The standard InChI is InChI=1S/C26H30FN3O2/c1-18(2)15-16-29-17-21(23-7-5-6-8-24(23)29)11-14-25(31)30(19(3)4)28-26(32)20-9-12-22(27)13-10-20/h5-14,17-19H,15-16H2,1-4H3,(H,28,32)/b14-11+. The van der Waals surface area contributed by atoms with E-state index in [1.165, 1.54) is 35.4 Å². The molecule has 2 amide bonds. The van der Waals surface area contributed by atoms with Crippen molar-refractivity contribution in [2.24, 2.45) is 5.92 Å². The van der Waals surface area contributed by atoms with Crippen LogP contribution in [0.15, 0.2) is 60.8 Å². The summed E-state index contributed by atoms with van der Waals surface area (Å²) in [6, 6.07) is 13.1. The van der Waals surface area contributed by atoms with Crippen molar-refractivity contribution in [3.63, 3.8) is 0 Å². The number of halogens is 1. The van der Waals surface area contributed by atoms with Gasteiger partial charge in [-0.25, -0.2) is 9.40 Å². The molecule has 0 saturated heterocycles. The summed E-state index contributed by atoms with van der Waals surface area (Å²) in [5.74, 6) is -0.630. The van der Waals surface area contributed by atoms with Gasteiger partial charge >= 0.3 is 0 Å². The Morgan fingerprint density at radius 3 is 2.41 bits per heavy atom. The lowest BCUT2D eigenvalue weighted by Crippen LogP contribution is -2.49. The van der Waals surface area contributed by atoms with Crippen LogP contribution in [-0.2, 0) is 11.3 Å². The third-order valence-corrected chi connectivity index (χ3v) is 5.25. The van der Waals surface area contributed by atoms with Crippen LogP contribution >= 0.6 is 0 Å². The van der Waals surface area contributed by atoms with Crippen molar-refractivity contribution < 1.29 is 14.0 Å². The summed E-state index contributed by atoms with van der Waals surface area (Å²) in [6.07, 6.45) is 6.39. The molecule has 0 atom stereocenters. The number of nitrogens with zero attached hydrogens (tertiary/aromatic N) is 2. The highest BCUT2D eigenvalue weighted by molar-refractivity contribution is 5.99. The van der Waals surface area contributed by atoms with E-state index in [1.807, 2.05) is 32.0 Å².